The van der Waals surface area contributed by atoms with Crippen molar-refractivity contribution < 1.29 is 96.6 Å². The lowest BCUT2D eigenvalue weighted by Crippen LogP contribution is -2.21. The standard InChI is InChI=1S/C42H9F22N/c43-12-1-3-17(45)15(8-12)10-5-11(16-9-13(44)2-4-18(16)46)7-14(6-10)65(41-37(61)27(51)21(28(52)38(41)62)19-23(47)31(55)35(59)32(56)24(19)48)42-39(63)29(53)22(30(54)40(42)64)20-25(49)33(57)36(60)34(58)26(20)50/h1-9H. The zero-order valence-corrected chi connectivity index (χ0v) is 30.5. The van der Waals surface area contributed by atoms with E-state index in [4.69, 9.17) is 0 Å². The molecular weight excluding hydrogens is 936 g/mol. The summed E-state index contributed by atoms with van der Waals surface area (Å²) in [4.78, 5) is -1.00. The molecule has 0 amide bonds. The quantitative estimate of drug-likeness (QED) is 0.0874. The van der Waals surface area contributed by atoms with E-state index in [0.717, 1.165) is 0 Å². The van der Waals surface area contributed by atoms with Gasteiger partial charge in [0.15, 0.2) is 93.1 Å². The highest BCUT2D eigenvalue weighted by atomic mass is 19.2. The summed E-state index contributed by atoms with van der Waals surface area (Å²) in [7, 11) is 0. The van der Waals surface area contributed by atoms with E-state index in [2.05, 4.69) is 0 Å². The van der Waals surface area contributed by atoms with Crippen molar-refractivity contribution in [3.63, 3.8) is 0 Å². The summed E-state index contributed by atoms with van der Waals surface area (Å²) < 4.78 is 333. The molecule has 23 heteroatoms. The molecule has 7 aromatic rings. The van der Waals surface area contributed by atoms with Gasteiger partial charge in [-0.3, -0.25) is 4.90 Å². The van der Waals surface area contributed by atoms with Crippen LogP contribution >= 0.6 is 0 Å². The molecule has 0 aliphatic heterocycles. The molecule has 65 heavy (non-hydrogen) atoms. The molecule has 0 saturated heterocycles. The van der Waals surface area contributed by atoms with Crippen LogP contribution in [-0.4, -0.2) is 0 Å². The molecule has 7 aromatic carbocycles. The summed E-state index contributed by atoms with van der Waals surface area (Å²) in [5.41, 5.74) is -22.3. The zero-order chi connectivity index (χ0) is 48.0. The largest absolute Gasteiger partial charge is 0.300 e. The topological polar surface area (TPSA) is 3.24 Å². The Bertz CT molecular complexity index is 2880. The Balaban J connectivity index is 1.68. The van der Waals surface area contributed by atoms with Gasteiger partial charge in [-0.1, -0.05) is 0 Å². The van der Waals surface area contributed by atoms with E-state index in [1.807, 2.05) is 0 Å². The van der Waals surface area contributed by atoms with Crippen LogP contribution in [0.1, 0.15) is 0 Å². The van der Waals surface area contributed by atoms with Gasteiger partial charge in [0.05, 0.1) is 22.3 Å². The third-order valence-corrected chi connectivity index (χ3v) is 9.50. The number of benzene rings is 7. The highest BCUT2D eigenvalue weighted by Crippen LogP contribution is 2.50. The predicted molar refractivity (Wildman–Crippen MR) is 182 cm³/mol. The van der Waals surface area contributed by atoms with Gasteiger partial charge in [-0.05, 0) is 65.7 Å². The third kappa shape index (κ3) is 7.12. The first-order chi connectivity index (χ1) is 30.4. The Morgan fingerprint density at radius 2 is 0.492 bits per heavy atom. The Kier molecular flexibility index (Phi) is 11.6. The van der Waals surface area contributed by atoms with Crippen LogP contribution in [0.2, 0.25) is 0 Å². The molecular formula is C42H9F22N. The molecule has 7 rings (SSSR count). The van der Waals surface area contributed by atoms with Gasteiger partial charge in [0.25, 0.3) is 0 Å². The van der Waals surface area contributed by atoms with Crippen molar-refractivity contribution in [1.29, 1.82) is 0 Å². The fourth-order valence-corrected chi connectivity index (χ4v) is 6.58. The van der Waals surface area contributed by atoms with Crippen molar-refractivity contribution in [3.05, 3.63) is 183 Å². The summed E-state index contributed by atoms with van der Waals surface area (Å²) in [6.07, 6.45) is 0. The summed E-state index contributed by atoms with van der Waals surface area (Å²) in [6, 6.07) is 3.30. The molecule has 0 atom stereocenters. The first-order valence-electron chi connectivity index (χ1n) is 17.0. The van der Waals surface area contributed by atoms with Crippen molar-refractivity contribution in [3.8, 4) is 44.5 Å². The molecule has 0 N–H and O–H groups in total. The van der Waals surface area contributed by atoms with E-state index in [1.54, 1.807) is 0 Å². The van der Waals surface area contributed by atoms with Crippen LogP contribution in [0.25, 0.3) is 44.5 Å². The smallest absolute Gasteiger partial charge is 0.200 e. The minimum absolute atomic E-state index is 0.178. The fraction of sp³-hybridized carbons (Fsp3) is 0. The van der Waals surface area contributed by atoms with Gasteiger partial charge in [-0.15, -0.1) is 0 Å². The van der Waals surface area contributed by atoms with Gasteiger partial charge in [-0.2, -0.15) is 0 Å². The van der Waals surface area contributed by atoms with Crippen LogP contribution in [0.4, 0.5) is 114 Å². The van der Waals surface area contributed by atoms with E-state index in [-0.39, 0.29) is 12.1 Å². The van der Waals surface area contributed by atoms with E-state index < -0.39 is 194 Å². The van der Waals surface area contributed by atoms with Crippen molar-refractivity contribution in [2.75, 3.05) is 4.90 Å². The lowest BCUT2D eigenvalue weighted by atomic mass is 9.95. The maximum absolute atomic E-state index is 16.5. The fourth-order valence-electron chi connectivity index (χ4n) is 6.58. The van der Waals surface area contributed by atoms with Gasteiger partial charge >= 0.3 is 0 Å². The van der Waals surface area contributed by atoms with E-state index in [9.17, 15) is 52.7 Å². The highest BCUT2D eigenvalue weighted by Gasteiger charge is 2.41. The van der Waals surface area contributed by atoms with Crippen molar-refractivity contribution >= 4 is 17.1 Å². The molecule has 0 saturated carbocycles. The Labute approximate surface area is 345 Å². The second-order valence-electron chi connectivity index (χ2n) is 13.2. The summed E-state index contributed by atoms with van der Waals surface area (Å²) >= 11 is 0. The molecule has 0 radical (unpaired) electrons. The lowest BCUT2D eigenvalue weighted by Gasteiger charge is -2.29. The van der Waals surface area contributed by atoms with Gasteiger partial charge in [0.1, 0.15) is 34.6 Å². The number of halogens is 22. The minimum Gasteiger partial charge on any atom is -0.300 e. The molecule has 0 aliphatic rings. The zero-order valence-electron chi connectivity index (χ0n) is 30.5. The van der Waals surface area contributed by atoms with Crippen LogP contribution in [0.5, 0.6) is 0 Å². The molecule has 0 fully saturated rings. The molecule has 0 aliphatic carbocycles. The molecule has 0 heterocycles. The van der Waals surface area contributed by atoms with Crippen molar-refractivity contribution in [2.45, 2.75) is 0 Å². The first kappa shape index (κ1) is 45.8. The SMILES string of the molecule is Fc1ccc(F)c(-c2cc(-c3cc(F)ccc3F)cc(N(c3c(F)c(F)c(-c4c(F)c(F)c(F)c(F)c4F)c(F)c3F)c3c(F)c(F)c(-c4c(F)c(F)c(F)c(F)c4F)c(F)c3F)c2)c1. The van der Waals surface area contributed by atoms with Gasteiger partial charge in [0.2, 0.25) is 11.6 Å². The molecule has 1 nitrogen and oxygen atoms in total. The molecule has 0 bridgehead atoms. The monoisotopic (exact) mass is 945 g/mol. The molecule has 336 valence electrons. The van der Waals surface area contributed by atoms with Crippen LogP contribution in [0.3, 0.4) is 0 Å². The second-order valence-corrected chi connectivity index (χ2v) is 13.2. The Morgan fingerprint density at radius 3 is 0.769 bits per heavy atom. The Hall–Kier alpha value is -7.20. The van der Waals surface area contributed by atoms with Crippen molar-refractivity contribution in [1.82, 2.24) is 0 Å². The van der Waals surface area contributed by atoms with E-state index in [0.29, 0.717) is 42.5 Å². The van der Waals surface area contributed by atoms with Crippen LogP contribution in [-0.2, 0) is 0 Å². The summed E-state index contributed by atoms with van der Waals surface area (Å²) in [5, 5.41) is 0. The average Bonchev–Trinajstić information content (AvgIpc) is 3.28. The highest BCUT2D eigenvalue weighted by molar-refractivity contribution is 5.88. The van der Waals surface area contributed by atoms with E-state index in [1.165, 1.54) is 0 Å². The summed E-state index contributed by atoms with van der Waals surface area (Å²) in [5.74, 6) is -62.0. The van der Waals surface area contributed by atoms with Crippen LogP contribution in [0, 0.1) is 128 Å². The van der Waals surface area contributed by atoms with Crippen LogP contribution < -0.4 is 4.90 Å². The average molecular weight is 945 g/mol. The number of hydrogen-bond donors (Lipinski definition) is 0. The third-order valence-electron chi connectivity index (χ3n) is 9.50. The predicted octanol–water partition coefficient (Wildman–Crippen LogP) is 14.9. The van der Waals surface area contributed by atoms with Gasteiger partial charge in [0, 0.05) is 16.8 Å². The molecule has 0 aromatic heterocycles. The maximum atomic E-state index is 16.5. The number of rotatable bonds is 7. The Morgan fingerprint density at radius 1 is 0.246 bits per heavy atom. The number of anilines is 3. The lowest BCUT2D eigenvalue weighted by molar-refractivity contribution is 0.379. The summed E-state index contributed by atoms with van der Waals surface area (Å²) in [6.45, 7) is 0. The normalized spacial score (nSPS) is 11.5. The second kappa shape index (κ2) is 16.4. The van der Waals surface area contributed by atoms with Crippen LogP contribution in [0.15, 0.2) is 54.6 Å². The van der Waals surface area contributed by atoms with Crippen molar-refractivity contribution in [2.24, 2.45) is 0 Å². The molecule has 0 unspecified atom stereocenters. The number of nitrogens with zero attached hydrogens (tertiary/aromatic N) is 1. The maximum Gasteiger partial charge on any atom is 0.200 e. The number of hydrogen-bond acceptors (Lipinski definition) is 1. The minimum atomic E-state index is -3.24. The molecule has 0 spiro atoms. The van der Waals surface area contributed by atoms with Gasteiger partial charge in [-0.25, -0.2) is 96.6 Å². The van der Waals surface area contributed by atoms with Gasteiger partial charge < -0.3 is 0 Å². The van der Waals surface area contributed by atoms with E-state index >= 15 is 43.9 Å². The first-order valence-corrected chi connectivity index (χ1v) is 17.0.